The average Bonchev–Trinajstić information content (AvgIpc) is 2.81. The van der Waals surface area contributed by atoms with Gasteiger partial charge in [-0.25, -0.2) is 4.98 Å². The summed E-state index contributed by atoms with van der Waals surface area (Å²) in [6.07, 6.45) is 5.35. The molecule has 9 heteroatoms. The van der Waals surface area contributed by atoms with Crippen molar-refractivity contribution in [2.75, 3.05) is 30.3 Å². The van der Waals surface area contributed by atoms with Crippen LogP contribution in [0.1, 0.15) is 31.2 Å². The van der Waals surface area contributed by atoms with E-state index in [1.54, 1.807) is 30.5 Å². The van der Waals surface area contributed by atoms with Crippen LogP contribution >= 0.6 is 12.4 Å². The summed E-state index contributed by atoms with van der Waals surface area (Å²) in [6, 6.07) is 12.9. The molecule has 0 atom stereocenters. The van der Waals surface area contributed by atoms with Gasteiger partial charge in [-0.2, -0.15) is 10.2 Å². The zero-order valence-electron chi connectivity index (χ0n) is 17.7. The molecule has 2 aromatic heterocycles. The monoisotopic (exact) mass is 454 g/mol. The molecule has 0 amide bonds. The molecule has 3 aromatic rings. The van der Waals surface area contributed by atoms with E-state index in [2.05, 4.69) is 31.7 Å². The number of halogens is 1. The molecule has 1 saturated carbocycles. The number of nitriles is 1. The number of ether oxygens (including phenoxy) is 1. The van der Waals surface area contributed by atoms with Crippen LogP contribution in [0, 0.1) is 17.2 Å². The minimum atomic E-state index is -0.153. The van der Waals surface area contributed by atoms with E-state index in [9.17, 15) is 5.11 Å². The third-order valence-corrected chi connectivity index (χ3v) is 5.47. The number of rotatable bonds is 8. The molecule has 4 rings (SSSR count). The van der Waals surface area contributed by atoms with Gasteiger partial charge in [0.2, 0.25) is 5.95 Å². The summed E-state index contributed by atoms with van der Waals surface area (Å²) in [6.45, 7) is 1.77. The first-order valence-corrected chi connectivity index (χ1v) is 10.6. The fourth-order valence-corrected chi connectivity index (χ4v) is 3.72. The van der Waals surface area contributed by atoms with E-state index in [0.717, 1.165) is 43.3 Å². The molecule has 32 heavy (non-hydrogen) atoms. The normalized spacial score (nSPS) is 17.8. The highest BCUT2D eigenvalue weighted by Gasteiger charge is 2.20. The first-order valence-electron chi connectivity index (χ1n) is 10.6. The van der Waals surface area contributed by atoms with Gasteiger partial charge in [0, 0.05) is 12.7 Å². The lowest BCUT2D eigenvalue weighted by molar-refractivity contribution is 0.111. The largest absolute Gasteiger partial charge is 0.492 e. The predicted molar refractivity (Wildman–Crippen MR) is 126 cm³/mol. The lowest BCUT2D eigenvalue weighted by Crippen LogP contribution is -2.24. The summed E-state index contributed by atoms with van der Waals surface area (Å²) in [5.41, 5.74) is 2.13. The number of hydrogen-bond donors (Lipinski definition) is 3. The SMILES string of the molecule is Cl.N#Cc1ccc(OCCNc2nc(NCC3CCC(O)CC3)c3ncccc3n2)cc1. The van der Waals surface area contributed by atoms with Crippen molar-refractivity contribution < 1.29 is 9.84 Å². The van der Waals surface area contributed by atoms with Crippen molar-refractivity contribution in [3.63, 3.8) is 0 Å². The molecule has 0 radical (unpaired) electrons. The highest BCUT2D eigenvalue weighted by atomic mass is 35.5. The van der Waals surface area contributed by atoms with Crippen LogP contribution in [-0.2, 0) is 0 Å². The Balaban J connectivity index is 0.00000289. The second kappa shape index (κ2) is 11.5. The van der Waals surface area contributed by atoms with Gasteiger partial charge in [0.05, 0.1) is 29.8 Å². The van der Waals surface area contributed by atoms with E-state index < -0.39 is 0 Å². The maximum Gasteiger partial charge on any atom is 0.225 e. The van der Waals surface area contributed by atoms with Crippen molar-refractivity contribution in [3.05, 3.63) is 48.2 Å². The smallest absolute Gasteiger partial charge is 0.225 e. The number of pyridine rings is 1. The molecule has 0 saturated heterocycles. The minimum absolute atomic E-state index is 0. The summed E-state index contributed by atoms with van der Waals surface area (Å²) in [4.78, 5) is 13.6. The summed E-state index contributed by atoms with van der Waals surface area (Å²) >= 11 is 0. The first kappa shape index (κ1) is 23.5. The minimum Gasteiger partial charge on any atom is -0.492 e. The molecule has 168 valence electrons. The number of nitrogens with one attached hydrogen (secondary N) is 2. The Morgan fingerprint density at radius 1 is 1.06 bits per heavy atom. The fraction of sp³-hybridized carbons (Fsp3) is 0.391. The highest BCUT2D eigenvalue weighted by molar-refractivity contribution is 5.86. The van der Waals surface area contributed by atoms with Gasteiger partial charge in [-0.3, -0.25) is 4.98 Å². The van der Waals surface area contributed by atoms with Gasteiger partial charge in [-0.15, -0.1) is 12.4 Å². The summed E-state index contributed by atoms with van der Waals surface area (Å²) < 4.78 is 5.70. The molecule has 1 aliphatic carbocycles. The average molecular weight is 455 g/mol. The molecular formula is C23H27ClN6O2. The van der Waals surface area contributed by atoms with Crippen molar-refractivity contribution in [1.82, 2.24) is 15.0 Å². The van der Waals surface area contributed by atoms with Crippen LogP contribution in [0.25, 0.3) is 11.0 Å². The maximum atomic E-state index is 9.71. The number of fused-ring (bicyclic) bond motifs is 1. The maximum absolute atomic E-state index is 9.71. The molecule has 0 unspecified atom stereocenters. The zero-order valence-corrected chi connectivity index (χ0v) is 18.5. The molecule has 3 N–H and O–H groups in total. The third-order valence-electron chi connectivity index (χ3n) is 5.47. The molecule has 1 fully saturated rings. The van der Waals surface area contributed by atoms with Crippen LogP contribution in [-0.4, -0.2) is 45.9 Å². The topological polar surface area (TPSA) is 116 Å². The molecule has 1 aliphatic rings. The van der Waals surface area contributed by atoms with Gasteiger partial charge >= 0.3 is 0 Å². The van der Waals surface area contributed by atoms with Crippen molar-refractivity contribution >= 4 is 35.2 Å². The number of nitrogens with zero attached hydrogens (tertiary/aromatic N) is 4. The lowest BCUT2D eigenvalue weighted by atomic mass is 9.87. The van der Waals surface area contributed by atoms with Crippen LogP contribution in [0.2, 0.25) is 0 Å². The van der Waals surface area contributed by atoms with Crippen molar-refractivity contribution in [3.8, 4) is 11.8 Å². The Morgan fingerprint density at radius 2 is 1.84 bits per heavy atom. The van der Waals surface area contributed by atoms with Crippen molar-refractivity contribution in [2.24, 2.45) is 5.92 Å². The number of aliphatic hydroxyl groups is 1. The van der Waals surface area contributed by atoms with Gasteiger partial charge < -0.3 is 20.5 Å². The number of benzene rings is 1. The van der Waals surface area contributed by atoms with E-state index in [0.29, 0.717) is 42.1 Å². The van der Waals surface area contributed by atoms with Gasteiger partial charge in [0.15, 0.2) is 5.82 Å². The molecule has 8 nitrogen and oxygen atoms in total. The Labute approximate surface area is 193 Å². The molecule has 1 aromatic carbocycles. The molecule has 2 heterocycles. The standard InChI is InChI=1S/C23H26N6O2.ClH/c24-14-16-5-9-19(10-6-16)31-13-12-26-23-28-20-2-1-11-25-21(20)22(29-23)27-15-17-3-7-18(30)8-4-17;/h1-2,5-6,9-11,17-18,30H,3-4,7-8,12-13,15H2,(H2,26,27,28,29);1H. The number of anilines is 2. The zero-order chi connectivity index (χ0) is 21.5. The Bertz CT molecular complexity index is 1050. The predicted octanol–water partition coefficient (Wildman–Crippen LogP) is 3.77. The van der Waals surface area contributed by atoms with E-state index in [1.165, 1.54) is 0 Å². The van der Waals surface area contributed by atoms with Crippen molar-refractivity contribution in [2.45, 2.75) is 31.8 Å². The number of aromatic nitrogens is 3. The van der Waals surface area contributed by atoms with Gasteiger partial charge in [0.25, 0.3) is 0 Å². The first-order chi connectivity index (χ1) is 15.2. The second-order valence-electron chi connectivity index (χ2n) is 7.73. The van der Waals surface area contributed by atoms with Crippen LogP contribution in [0.4, 0.5) is 11.8 Å². The Hall–Kier alpha value is -3.15. The summed E-state index contributed by atoms with van der Waals surface area (Å²) in [5.74, 6) is 2.47. The Morgan fingerprint density at radius 3 is 2.59 bits per heavy atom. The molecule has 0 bridgehead atoms. The molecule has 0 aliphatic heterocycles. The third kappa shape index (κ3) is 6.19. The van der Waals surface area contributed by atoms with Crippen LogP contribution in [0.15, 0.2) is 42.6 Å². The molecular weight excluding hydrogens is 428 g/mol. The number of aliphatic hydroxyl groups excluding tert-OH is 1. The lowest BCUT2D eigenvalue weighted by Gasteiger charge is -2.25. The second-order valence-corrected chi connectivity index (χ2v) is 7.73. The van der Waals surface area contributed by atoms with Crippen LogP contribution in [0.3, 0.4) is 0 Å². The Kier molecular flexibility index (Phi) is 8.42. The van der Waals surface area contributed by atoms with Crippen molar-refractivity contribution in [1.29, 1.82) is 5.26 Å². The van der Waals surface area contributed by atoms with E-state index >= 15 is 0 Å². The number of hydrogen-bond acceptors (Lipinski definition) is 8. The summed E-state index contributed by atoms with van der Waals surface area (Å²) in [7, 11) is 0. The van der Waals surface area contributed by atoms with Gasteiger partial charge in [-0.05, 0) is 68.0 Å². The fourth-order valence-electron chi connectivity index (χ4n) is 3.72. The van der Waals surface area contributed by atoms with Gasteiger partial charge in [-0.1, -0.05) is 0 Å². The van der Waals surface area contributed by atoms with Gasteiger partial charge in [0.1, 0.15) is 17.9 Å². The quantitative estimate of drug-likeness (QED) is 0.440. The van der Waals surface area contributed by atoms with Crippen LogP contribution < -0.4 is 15.4 Å². The van der Waals surface area contributed by atoms with E-state index in [-0.39, 0.29) is 18.5 Å². The highest BCUT2D eigenvalue weighted by Crippen LogP contribution is 2.26. The molecule has 0 spiro atoms. The van der Waals surface area contributed by atoms with E-state index in [1.807, 2.05) is 12.1 Å². The van der Waals surface area contributed by atoms with Crippen LogP contribution in [0.5, 0.6) is 5.75 Å². The summed E-state index contributed by atoms with van der Waals surface area (Å²) in [5, 5.41) is 25.2. The van der Waals surface area contributed by atoms with E-state index in [4.69, 9.17) is 10.00 Å².